The lowest BCUT2D eigenvalue weighted by atomic mass is 10.2. The van der Waals surface area contributed by atoms with Gasteiger partial charge in [-0.25, -0.2) is 14.6 Å². The minimum Gasteiger partial charge on any atom is -0.486 e. The monoisotopic (exact) mass is 403 g/mol. The third kappa shape index (κ3) is 4.92. The van der Waals surface area contributed by atoms with Gasteiger partial charge in [0.1, 0.15) is 18.2 Å². The number of urea groups is 1. The van der Waals surface area contributed by atoms with E-state index in [1.54, 1.807) is 42.8 Å². The highest BCUT2D eigenvalue weighted by atomic mass is 32.2. The molecule has 1 aliphatic rings. The molecule has 1 aromatic heterocycles. The molecule has 0 spiro atoms. The number of carbonyl (C=O) groups is 3. The van der Waals surface area contributed by atoms with Crippen molar-refractivity contribution in [3.63, 3.8) is 0 Å². The molecule has 0 saturated carbocycles. The van der Waals surface area contributed by atoms with Crippen molar-refractivity contribution in [1.82, 2.24) is 10.3 Å². The van der Waals surface area contributed by atoms with Crippen LogP contribution in [0.15, 0.2) is 41.6 Å². The Balaban J connectivity index is 1.49. The molecule has 1 aromatic carbocycles. The first kappa shape index (κ1) is 19.5. The van der Waals surface area contributed by atoms with Gasteiger partial charge in [-0.2, -0.15) is 0 Å². The fourth-order valence-corrected chi connectivity index (χ4v) is 2.90. The van der Waals surface area contributed by atoms with Crippen LogP contribution in [0.1, 0.15) is 10.4 Å². The Hall–Kier alpha value is -3.27. The van der Waals surface area contributed by atoms with Gasteiger partial charge in [-0.15, -0.1) is 11.8 Å². The van der Waals surface area contributed by atoms with Crippen molar-refractivity contribution in [1.29, 1.82) is 0 Å². The molecule has 0 atom stereocenters. The summed E-state index contributed by atoms with van der Waals surface area (Å²) in [4.78, 5) is 39.9. The molecule has 0 bridgehead atoms. The predicted octanol–water partition coefficient (Wildman–Crippen LogP) is 2.08. The first-order chi connectivity index (χ1) is 13.6. The lowest BCUT2D eigenvalue weighted by molar-refractivity contribution is -0.123. The largest absolute Gasteiger partial charge is 0.486 e. The summed E-state index contributed by atoms with van der Waals surface area (Å²) in [5.41, 5.74) is 0.676. The summed E-state index contributed by atoms with van der Waals surface area (Å²) in [5, 5.41) is 5.08. The maximum Gasteiger partial charge on any atom is 0.341 e. The highest BCUT2D eigenvalue weighted by Gasteiger charge is 2.17. The van der Waals surface area contributed by atoms with Crippen LogP contribution in [0, 0.1) is 0 Å². The molecular formula is C18H17N3O6S. The number of rotatable bonds is 5. The molecule has 0 aliphatic carbocycles. The van der Waals surface area contributed by atoms with E-state index in [0.29, 0.717) is 35.4 Å². The summed E-state index contributed by atoms with van der Waals surface area (Å²) < 4.78 is 15.8. The van der Waals surface area contributed by atoms with Gasteiger partial charge in [-0.1, -0.05) is 0 Å². The zero-order valence-electron chi connectivity index (χ0n) is 14.9. The zero-order chi connectivity index (χ0) is 19.9. The molecule has 10 heteroatoms. The first-order valence-electron chi connectivity index (χ1n) is 8.23. The van der Waals surface area contributed by atoms with Crippen LogP contribution < -0.4 is 20.1 Å². The van der Waals surface area contributed by atoms with Crippen LogP contribution in [-0.4, -0.2) is 49.0 Å². The molecule has 3 rings (SSSR count). The number of ether oxygens (including phenoxy) is 3. The van der Waals surface area contributed by atoms with E-state index in [2.05, 4.69) is 15.6 Å². The van der Waals surface area contributed by atoms with Crippen molar-refractivity contribution in [2.75, 3.05) is 31.4 Å². The fourth-order valence-electron chi connectivity index (χ4n) is 2.36. The van der Waals surface area contributed by atoms with Crippen LogP contribution in [0.3, 0.4) is 0 Å². The standard InChI is InChI=1S/C18H17N3O6S/c1-28-16-12(3-2-6-19-16)17(23)27-10-15(22)21-18(24)20-11-4-5-13-14(9-11)26-8-7-25-13/h2-6,9H,7-8,10H2,1H3,(H2,20,21,22,24). The summed E-state index contributed by atoms with van der Waals surface area (Å²) in [6.07, 6.45) is 3.32. The normalized spacial score (nSPS) is 12.0. The first-order valence-corrected chi connectivity index (χ1v) is 9.46. The summed E-state index contributed by atoms with van der Waals surface area (Å²) in [5.74, 6) is -0.372. The number of aromatic nitrogens is 1. The van der Waals surface area contributed by atoms with Gasteiger partial charge in [-0.05, 0) is 30.5 Å². The summed E-state index contributed by atoms with van der Waals surface area (Å²) in [6, 6.07) is 7.24. The molecular weight excluding hydrogens is 386 g/mol. The van der Waals surface area contributed by atoms with E-state index in [-0.39, 0.29) is 5.56 Å². The Morgan fingerprint density at radius 1 is 1.18 bits per heavy atom. The van der Waals surface area contributed by atoms with Gasteiger partial charge in [0.25, 0.3) is 5.91 Å². The number of thioether (sulfide) groups is 1. The van der Waals surface area contributed by atoms with Crippen LogP contribution in [0.25, 0.3) is 0 Å². The Labute approximate surface area is 164 Å². The van der Waals surface area contributed by atoms with Crippen molar-refractivity contribution >= 4 is 35.4 Å². The molecule has 0 saturated heterocycles. The lowest BCUT2D eigenvalue weighted by Gasteiger charge is -2.19. The second kappa shape index (κ2) is 9.09. The molecule has 2 heterocycles. The van der Waals surface area contributed by atoms with Crippen molar-refractivity contribution in [3.05, 3.63) is 42.1 Å². The van der Waals surface area contributed by atoms with Gasteiger partial charge in [0.2, 0.25) is 0 Å². The van der Waals surface area contributed by atoms with Gasteiger partial charge in [0.05, 0.1) is 5.56 Å². The molecule has 2 N–H and O–H groups in total. The molecule has 28 heavy (non-hydrogen) atoms. The molecule has 1 aliphatic heterocycles. The Morgan fingerprint density at radius 3 is 2.75 bits per heavy atom. The number of benzene rings is 1. The highest BCUT2D eigenvalue weighted by Crippen LogP contribution is 2.32. The Morgan fingerprint density at radius 2 is 1.96 bits per heavy atom. The van der Waals surface area contributed by atoms with E-state index in [0.717, 1.165) is 0 Å². The van der Waals surface area contributed by atoms with Crippen molar-refractivity contribution in [3.8, 4) is 11.5 Å². The minimum atomic E-state index is -0.766. The van der Waals surface area contributed by atoms with E-state index in [1.165, 1.54) is 11.8 Å². The van der Waals surface area contributed by atoms with Gasteiger partial charge in [-0.3, -0.25) is 10.1 Å². The smallest absolute Gasteiger partial charge is 0.341 e. The number of hydrogen-bond acceptors (Lipinski definition) is 8. The maximum atomic E-state index is 12.1. The number of amides is 3. The second-order valence-corrected chi connectivity index (χ2v) is 6.29. The topological polar surface area (TPSA) is 116 Å². The Bertz CT molecular complexity index is 905. The third-order valence-electron chi connectivity index (χ3n) is 3.57. The lowest BCUT2D eigenvalue weighted by Crippen LogP contribution is -2.37. The minimum absolute atomic E-state index is 0.253. The van der Waals surface area contributed by atoms with Crippen molar-refractivity contribution in [2.24, 2.45) is 0 Å². The van der Waals surface area contributed by atoms with Crippen LogP contribution in [0.2, 0.25) is 0 Å². The van der Waals surface area contributed by atoms with Crippen LogP contribution in [-0.2, 0) is 9.53 Å². The van der Waals surface area contributed by atoms with Crippen LogP contribution in [0.4, 0.5) is 10.5 Å². The summed E-state index contributed by atoms with van der Waals surface area (Å²) >= 11 is 1.28. The number of anilines is 1. The molecule has 9 nitrogen and oxygen atoms in total. The molecule has 0 radical (unpaired) electrons. The number of fused-ring (bicyclic) bond motifs is 1. The number of imide groups is 1. The van der Waals surface area contributed by atoms with Gasteiger partial charge in [0, 0.05) is 18.0 Å². The third-order valence-corrected chi connectivity index (χ3v) is 4.28. The van der Waals surface area contributed by atoms with E-state index < -0.39 is 24.5 Å². The molecule has 2 aromatic rings. The SMILES string of the molecule is CSc1ncccc1C(=O)OCC(=O)NC(=O)Nc1ccc2c(c1)OCCO2. The quantitative estimate of drug-likeness (QED) is 0.576. The van der Waals surface area contributed by atoms with Crippen molar-refractivity contribution < 1.29 is 28.6 Å². The number of nitrogens with one attached hydrogen (secondary N) is 2. The van der Waals surface area contributed by atoms with E-state index in [9.17, 15) is 14.4 Å². The second-order valence-electron chi connectivity index (χ2n) is 5.50. The predicted molar refractivity (Wildman–Crippen MR) is 101 cm³/mol. The van der Waals surface area contributed by atoms with E-state index in [1.807, 2.05) is 0 Å². The van der Waals surface area contributed by atoms with E-state index >= 15 is 0 Å². The summed E-state index contributed by atoms with van der Waals surface area (Å²) in [6.45, 7) is 0.281. The molecule has 0 fully saturated rings. The maximum absolute atomic E-state index is 12.1. The number of carbonyl (C=O) groups excluding carboxylic acids is 3. The molecule has 0 unspecified atom stereocenters. The molecule has 146 valence electrons. The summed E-state index contributed by atoms with van der Waals surface area (Å²) in [7, 11) is 0. The van der Waals surface area contributed by atoms with E-state index in [4.69, 9.17) is 14.2 Å². The highest BCUT2D eigenvalue weighted by molar-refractivity contribution is 7.98. The molecule has 3 amide bonds. The number of nitrogens with zero attached hydrogens (tertiary/aromatic N) is 1. The average molecular weight is 403 g/mol. The average Bonchev–Trinajstić information content (AvgIpc) is 2.71. The zero-order valence-corrected chi connectivity index (χ0v) is 15.7. The fraction of sp³-hybridized carbons (Fsp3) is 0.222. The Kier molecular flexibility index (Phi) is 6.33. The van der Waals surface area contributed by atoms with Gasteiger partial charge < -0.3 is 19.5 Å². The van der Waals surface area contributed by atoms with Crippen LogP contribution in [0.5, 0.6) is 11.5 Å². The van der Waals surface area contributed by atoms with Crippen molar-refractivity contribution in [2.45, 2.75) is 5.03 Å². The number of hydrogen-bond donors (Lipinski definition) is 2. The van der Waals surface area contributed by atoms with Crippen LogP contribution >= 0.6 is 11.8 Å². The van der Waals surface area contributed by atoms with Gasteiger partial charge in [0.15, 0.2) is 18.1 Å². The number of pyridine rings is 1. The number of esters is 1. The van der Waals surface area contributed by atoms with Gasteiger partial charge >= 0.3 is 12.0 Å².